The summed E-state index contributed by atoms with van der Waals surface area (Å²) >= 11 is 0. The van der Waals surface area contributed by atoms with Crippen molar-refractivity contribution < 1.29 is 9.90 Å². The molecule has 2 aromatic heterocycles. The molecule has 23 heavy (non-hydrogen) atoms. The number of carboxylic acids is 1. The first kappa shape index (κ1) is 15.4. The maximum absolute atomic E-state index is 11.4. The van der Waals surface area contributed by atoms with Crippen LogP contribution in [0.4, 0.5) is 0 Å². The molecule has 0 saturated carbocycles. The highest BCUT2D eigenvalue weighted by atomic mass is 16.4. The minimum atomic E-state index is -0.961. The van der Waals surface area contributed by atoms with E-state index in [2.05, 4.69) is 22.0 Å². The predicted octanol–water partition coefficient (Wildman–Crippen LogP) is 1.81. The zero-order chi connectivity index (χ0) is 16.2. The molecule has 0 bridgehead atoms. The quantitative estimate of drug-likeness (QED) is 0.795. The number of nitrogens with one attached hydrogen (secondary N) is 1. The zero-order valence-electron chi connectivity index (χ0n) is 12.9. The number of rotatable bonds is 6. The summed E-state index contributed by atoms with van der Waals surface area (Å²) in [6.07, 6.45) is 7.82. The van der Waals surface area contributed by atoms with E-state index in [4.69, 9.17) is 0 Å². The second-order valence-electron chi connectivity index (χ2n) is 5.73. The lowest BCUT2D eigenvalue weighted by Gasteiger charge is -2.24. The molecule has 120 valence electrons. The van der Waals surface area contributed by atoms with Gasteiger partial charge in [0.15, 0.2) is 5.69 Å². The van der Waals surface area contributed by atoms with Crippen molar-refractivity contribution in [2.45, 2.75) is 38.4 Å². The smallest absolute Gasteiger partial charge is 0.356 e. The average molecular weight is 312 g/mol. The summed E-state index contributed by atoms with van der Waals surface area (Å²) in [5, 5.41) is 17.1. The molecule has 6 nitrogen and oxygen atoms in total. The molecule has 1 atom stereocenters. The van der Waals surface area contributed by atoms with E-state index in [1.807, 2.05) is 18.3 Å². The van der Waals surface area contributed by atoms with Crippen LogP contribution in [0.15, 0.2) is 37.2 Å². The number of carbonyl (C=O) groups is 1. The van der Waals surface area contributed by atoms with Gasteiger partial charge in [0.2, 0.25) is 0 Å². The standard InChI is InChI=1S/C17H20N4O2/c1-2-8-21-15-6-5-13(9-14(15)16(20-21)17(22)23)19-11-12-4-3-7-18-10-12/h2-4,7,10,13,19H,1,5-6,8-9,11H2,(H,22,23)/t13-/m0/s1. The number of nitrogens with zero attached hydrogens (tertiary/aromatic N) is 3. The van der Waals surface area contributed by atoms with Gasteiger partial charge in [-0.05, 0) is 30.9 Å². The van der Waals surface area contributed by atoms with Gasteiger partial charge in [-0.25, -0.2) is 4.79 Å². The molecule has 1 aliphatic rings. The lowest BCUT2D eigenvalue weighted by Crippen LogP contribution is -2.34. The summed E-state index contributed by atoms with van der Waals surface area (Å²) in [4.78, 5) is 15.6. The highest BCUT2D eigenvalue weighted by molar-refractivity contribution is 5.87. The molecule has 0 fully saturated rings. The van der Waals surface area contributed by atoms with Gasteiger partial charge in [-0.2, -0.15) is 5.10 Å². The van der Waals surface area contributed by atoms with Crippen LogP contribution in [0.1, 0.15) is 33.7 Å². The maximum Gasteiger partial charge on any atom is 0.356 e. The maximum atomic E-state index is 11.4. The van der Waals surface area contributed by atoms with Crippen molar-refractivity contribution in [1.29, 1.82) is 0 Å². The molecule has 2 N–H and O–H groups in total. The third kappa shape index (κ3) is 3.32. The molecule has 6 heteroatoms. The minimum absolute atomic E-state index is 0.176. The van der Waals surface area contributed by atoms with Crippen molar-refractivity contribution in [3.05, 3.63) is 59.7 Å². The van der Waals surface area contributed by atoms with Crippen LogP contribution in [0.25, 0.3) is 0 Å². The minimum Gasteiger partial charge on any atom is -0.476 e. The SMILES string of the molecule is C=CCn1nc(C(=O)O)c2c1CC[C@H](NCc1cccnc1)C2. The normalized spacial score (nSPS) is 16.8. The van der Waals surface area contributed by atoms with Crippen LogP contribution in [0, 0.1) is 0 Å². The number of hydrogen-bond donors (Lipinski definition) is 2. The number of fused-ring (bicyclic) bond motifs is 1. The van der Waals surface area contributed by atoms with Gasteiger partial charge in [0.05, 0.1) is 6.54 Å². The molecule has 2 heterocycles. The summed E-state index contributed by atoms with van der Waals surface area (Å²) in [7, 11) is 0. The van der Waals surface area contributed by atoms with Crippen molar-refractivity contribution in [2.24, 2.45) is 0 Å². The Morgan fingerprint density at radius 3 is 3.13 bits per heavy atom. The van der Waals surface area contributed by atoms with Gasteiger partial charge in [-0.3, -0.25) is 9.67 Å². The second kappa shape index (κ2) is 6.75. The van der Waals surface area contributed by atoms with E-state index in [1.54, 1.807) is 17.0 Å². The van der Waals surface area contributed by atoms with Gasteiger partial charge in [0.25, 0.3) is 0 Å². The van der Waals surface area contributed by atoms with Gasteiger partial charge < -0.3 is 10.4 Å². The molecule has 0 amide bonds. The molecule has 3 rings (SSSR count). The highest BCUT2D eigenvalue weighted by Gasteiger charge is 2.28. The van der Waals surface area contributed by atoms with E-state index >= 15 is 0 Å². The van der Waals surface area contributed by atoms with Crippen molar-refractivity contribution in [3.63, 3.8) is 0 Å². The highest BCUT2D eigenvalue weighted by Crippen LogP contribution is 2.25. The van der Waals surface area contributed by atoms with Gasteiger partial charge in [0.1, 0.15) is 0 Å². The molecule has 1 aliphatic carbocycles. The number of aromatic carboxylic acids is 1. The monoisotopic (exact) mass is 312 g/mol. The van der Waals surface area contributed by atoms with E-state index in [-0.39, 0.29) is 11.7 Å². The molecule has 0 aliphatic heterocycles. The first-order valence-electron chi connectivity index (χ1n) is 7.74. The zero-order valence-corrected chi connectivity index (χ0v) is 12.9. The lowest BCUT2D eigenvalue weighted by atomic mass is 9.91. The third-order valence-corrected chi connectivity index (χ3v) is 4.17. The van der Waals surface area contributed by atoms with E-state index < -0.39 is 5.97 Å². The first-order valence-corrected chi connectivity index (χ1v) is 7.74. The Hall–Kier alpha value is -2.47. The summed E-state index contributed by atoms with van der Waals surface area (Å²) in [5.74, 6) is -0.961. The molecule has 0 spiro atoms. The number of allylic oxidation sites excluding steroid dienone is 1. The number of carboxylic acid groups (broad SMARTS) is 1. The van der Waals surface area contributed by atoms with Crippen LogP contribution >= 0.6 is 0 Å². The Morgan fingerprint density at radius 1 is 1.57 bits per heavy atom. The van der Waals surface area contributed by atoms with Crippen molar-refractivity contribution >= 4 is 5.97 Å². The molecular formula is C17H20N4O2. The number of hydrogen-bond acceptors (Lipinski definition) is 4. The molecule has 2 aromatic rings. The van der Waals surface area contributed by atoms with E-state index in [1.165, 1.54) is 0 Å². The lowest BCUT2D eigenvalue weighted by molar-refractivity contribution is 0.0688. The summed E-state index contributed by atoms with van der Waals surface area (Å²) in [6, 6.07) is 4.19. The molecule has 0 aromatic carbocycles. The Morgan fingerprint density at radius 2 is 2.43 bits per heavy atom. The molecule has 0 saturated heterocycles. The molecular weight excluding hydrogens is 292 g/mol. The van der Waals surface area contributed by atoms with Crippen LogP contribution in [0.2, 0.25) is 0 Å². The average Bonchev–Trinajstić information content (AvgIpc) is 2.93. The summed E-state index contributed by atoms with van der Waals surface area (Å²) < 4.78 is 1.77. The van der Waals surface area contributed by atoms with Gasteiger partial charge >= 0.3 is 5.97 Å². The Labute approximate surface area is 134 Å². The van der Waals surface area contributed by atoms with Crippen LogP contribution in [-0.2, 0) is 25.9 Å². The largest absolute Gasteiger partial charge is 0.476 e. The van der Waals surface area contributed by atoms with Gasteiger partial charge in [-0.1, -0.05) is 12.1 Å². The fraction of sp³-hybridized carbons (Fsp3) is 0.353. The summed E-state index contributed by atoms with van der Waals surface area (Å²) in [6.45, 7) is 4.99. The van der Waals surface area contributed by atoms with E-state index in [0.29, 0.717) is 13.0 Å². The fourth-order valence-corrected chi connectivity index (χ4v) is 3.07. The van der Waals surface area contributed by atoms with Crippen LogP contribution in [-0.4, -0.2) is 31.9 Å². The second-order valence-corrected chi connectivity index (χ2v) is 5.73. The van der Waals surface area contributed by atoms with Crippen LogP contribution < -0.4 is 5.32 Å². The Bertz CT molecular complexity index is 709. The van der Waals surface area contributed by atoms with Crippen molar-refractivity contribution in [1.82, 2.24) is 20.1 Å². The fourth-order valence-electron chi connectivity index (χ4n) is 3.07. The van der Waals surface area contributed by atoms with E-state index in [9.17, 15) is 9.90 Å². The topological polar surface area (TPSA) is 80.0 Å². The number of aromatic nitrogens is 3. The van der Waals surface area contributed by atoms with Crippen molar-refractivity contribution in [2.75, 3.05) is 0 Å². The van der Waals surface area contributed by atoms with E-state index in [0.717, 1.165) is 36.2 Å². The summed E-state index contributed by atoms with van der Waals surface area (Å²) in [5.41, 5.74) is 3.19. The number of pyridine rings is 1. The van der Waals surface area contributed by atoms with Crippen molar-refractivity contribution in [3.8, 4) is 0 Å². The third-order valence-electron chi connectivity index (χ3n) is 4.17. The van der Waals surface area contributed by atoms with Crippen LogP contribution in [0.5, 0.6) is 0 Å². The Balaban J connectivity index is 1.74. The Kier molecular flexibility index (Phi) is 4.52. The first-order chi connectivity index (χ1) is 11.2. The predicted molar refractivity (Wildman–Crippen MR) is 86.3 cm³/mol. The van der Waals surface area contributed by atoms with Crippen LogP contribution in [0.3, 0.4) is 0 Å². The molecule has 0 unspecified atom stereocenters. The van der Waals surface area contributed by atoms with Gasteiger partial charge in [-0.15, -0.1) is 6.58 Å². The van der Waals surface area contributed by atoms with Gasteiger partial charge in [0, 0.05) is 36.2 Å². The molecule has 0 radical (unpaired) electrons.